The van der Waals surface area contributed by atoms with Crippen molar-refractivity contribution in [2.45, 2.75) is 20.0 Å². The number of benzene rings is 2. The molecule has 1 N–H and O–H groups in total. The zero-order chi connectivity index (χ0) is 21.5. The summed E-state index contributed by atoms with van der Waals surface area (Å²) in [4.78, 5) is 26.2. The first kappa shape index (κ1) is 21.1. The predicted molar refractivity (Wildman–Crippen MR) is 111 cm³/mol. The summed E-state index contributed by atoms with van der Waals surface area (Å²) in [6.45, 7) is 1.99. The van der Waals surface area contributed by atoms with Crippen molar-refractivity contribution in [1.82, 2.24) is 4.90 Å². The van der Waals surface area contributed by atoms with Crippen molar-refractivity contribution >= 4 is 17.5 Å². The number of nitrogens with one attached hydrogen (secondary N) is 1. The van der Waals surface area contributed by atoms with Gasteiger partial charge in [-0.2, -0.15) is 0 Å². The SMILES string of the molecule is CCc1ccccc1NC(=O)CN(C)C(=O)c1ccc(COc2ccc(F)cc2)o1. The molecule has 6 nitrogen and oxygen atoms in total. The van der Waals surface area contributed by atoms with Crippen LogP contribution in [0.4, 0.5) is 10.1 Å². The van der Waals surface area contributed by atoms with Gasteiger partial charge in [0.25, 0.3) is 5.91 Å². The molecule has 2 amide bonds. The third-order valence-electron chi connectivity index (χ3n) is 4.47. The van der Waals surface area contributed by atoms with Crippen LogP contribution < -0.4 is 10.1 Å². The molecular formula is C23H23FN2O4. The molecule has 2 aromatic carbocycles. The third-order valence-corrected chi connectivity index (χ3v) is 4.47. The van der Waals surface area contributed by atoms with Crippen LogP contribution in [-0.2, 0) is 17.8 Å². The summed E-state index contributed by atoms with van der Waals surface area (Å²) in [5.74, 6) is -0.0187. The number of carbonyl (C=O) groups is 2. The molecule has 0 unspecified atom stereocenters. The number of hydrogen-bond donors (Lipinski definition) is 1. The van der Waals surface area contributed by atoms with Gasteiger partial charge in [0.05, 0.1) is 6.54 Å². The summed E-state index contributed by atoms with van der Waals surface area (Å²) >= 11 is 0. The van der Waals surface area contributed by atoms with Crippen LogP contribution in [0.5, 0.6) is 5.75 Å². The van der Waals surface area contributed by atoms with Crippen LogP contribution >= 0.6 is 0 Å². The Bertz CT molecular complexity index is 1010. The number of nitrogens with zero attached hydrogens (tertiary/aromatic N) is 1. The van der Waals surface area contributed by atoms with Crippen LogP contribution in [0.1, 0.15) is 28.8 Å². The van der Waals surface area contributed by atoms with Gasteiger partial charge >= 0.3 is 0 Å². The number of anilines is 1. The molecule has 0 saturated heterocycles. The Morgan fingerprint density at radius 2 is 1.80 bits per heavy atom. The Morgan fingerprint density at radius 3 is 2.53 bits per heavy atom. The molecule has 0 aliphatic heterocycles. The highest BCUT2D eigenvalue weighted by molar-refractivity contribution is 5.98. The molecule has 7 heteroatoms. The van der Waals surface area contributed by atoms with Gasteiger partial charge in [-0.3, -0.25) is 9.59 Å². The maximum absolute atomic E-state index is 12.9. The van der Waals surface area contributed by atoms with E-state index in [0.717, 1.165) is 17.7 Å². The monoisotopic (exact) mass is 410 g/mol. The number of hydrogen-bond acceptors (Lipinski definition) is 4. The quantitative estimate of drug-likeness (QED) is 0.602. The fourth-order valence-corrected chi connectivity index (χ4v) is 2.87. The lowest BCUT2D eigenvalue weighted by molar-refractivity contribution is -0.116. The fourth-order valence-electron chi connectivity index (χ4n) is 2.87. The van der Waals surface area contributed by atoms with Crippen LogP contribution in [0.25, 0.3) is 0 Å². The van der Waals surface area contributed by atoms with Crippen LogP contribution in [0.15, 0.2) is 65.1 Å². The fraction of sp³-hybridized carbons (Fsp3) is 0.217. The number of likely N-dealkylation sites (N-methyl/N-ethyl adjacent to an activating group) is 1. The van der Waals surface area contributed by atoms with Gasteiger partial charge < -0.3 is 19.4 Å². The molecule has 0 aliphatic rings. The molecule has 1 aromatic heterocycles. The molecule has 0 spiro atoms. The van der Waals surface area contributed by atoms with Crippen molar-refractivity contribution in [3.05, 3.63) is 83.6 Å². The first-order valence-corrected chi connectivity index (χ1v) is 9.56. The Balaban J connectivity index is 1.54. The van der Waals surface area contributed by atoms with E-state index in [1.807, 2.05) is 31.2 Å². The highest BCUT2D eigenvalue weighted by atomic mass is 19.1. The molecule has 3 rings (SSSR count). The van der Waals surface area contributed by atoms with Crippen molar-refractivity contribution in [2.75, 3.05) is 18.9 Å². The molecule has 0 aliphatic carbocycles. The molecule has 0 atom stereocenters. The summed E-state index contributed by atoms with van der Waals surface area (Å²) in [7, 11) is 1.53. The minimum atomic E-state index is -0.415. The Kier molecular flexibility index (Phi) is 6.85. The molecule has 0 fully saturated rings. The minimum absolute atomic E-state index is 0.0942. The van der Waals surface area contributed by atoms with Crippen molar-refractivity contribution < 1.29 is 23.1 Å². The average molecular weight is 410 g/mol. The topological polar surface area (TPSA) is 71.8 Å². The molecule has 0 bridgehead atoms. The van der Waals surface area contributed by atoms with Crippen LogP contribution in [0.3, 0.4) is 0 Å². The summed E-state index contributed by atoms with van der Waals surface area (Å²) in [5.41, 5.74) is 1.76. The van der Waals surface area contributed by atoms with Gasteiger partial charge in [0.15, 0.2) is 5.76 Å². The first-order valence-electron chi connectivity index (χ1n) is 9.56. The van der Waals surface area contributed by atoms with Crippen LogP contribution in [0.2, 0.25) is 0 Å². The summed E-state index contributed by atoms with van der Waals surface area (Å²) in [6.07, 6.45) is 0.792. The normalized spacial score (nSPS) is 10.5. The van der Waals surface area contributed by atoms with Gasteiger partial charge in [-0.25, -0.2) is 4.39 Å². The van der Waals surface area contributed by atoms with Crippen molar-refractivity contribution in [3.63, 3.8) is 0 Å². The molecule has 0 radical (unpaired) electrons. The number of amides is 2. The molecule has 0 saturated carbocycles. The molecular weight excluding hydrogens is 387 g/mol. The standard InChI is InChI=1S/C23H23FN2O4/c1-3-16-6-4-5-7-20(16)25-22(27)14-26(2)23(28)21-13-12-19(30-21)15-29-18-10-8-17(24)9-11-18/h4-13H,3,14-15H2,1-2H3,(H,25,27). The highest BCUT2D eigenvalue weighted by Gasteiger charge is 2.19. The third kappa shape index (κ3) is 5.47. The molecule has 1 heterocycles. The van der Waals surface area contributed by atoms with Crippen molar-refractivity contribution in [3.8, 4) is 5.75 Å². The molecule has 156 valence electrons. The maximum Gasteiger partial charge on any atom is 0.289 e. The first-order chi connectivity index (χ1) is 14.5. The van der Waals surface area contributed by atoms with Crippen LogP contribution in [-0.4, -0.2) is 30.3 Å². The number of halogens is 1. The maximum atomic E-state index is 12.9. The number of furan rings is 1. The van der Waals surface area contributed by atoms with Crippen molar-refractivity contribution in [2.24, 2.45) is 0 Å². The van der Waals surface area contributed by atoms with E-state index in [9.17, 15) is 14.0 Å². The van der Waals surface area contributed by atoms with E-state index in [1.54, 1.807) is 6.07 Å². The second-order valence-electron chi connectivity index (χ2n) is 6.73. The highest BCUT2D eigenvalue weighted by Crippen LogP contribution is 2.17. The van der Waals surface area contributed by atoms with E-state index >= 15 is 0 Å². The zero-order valence-corrected chi connectivity index (χ0v) is 16.9. The van der Waals surface area contributed by atoms with Gasteiger partial charge in [-0.05, 0) is 54.4 Å². The van der Waals surface area contributed by atoms with Gasteiger partial charge in [0.2, 0.25) is 5.91 Å². The van der Waals surface area contributed by atoms with E-state index in [4.69, 9.17) is 9.15 Å². The predicted octanol–water partition coefficient (Wildman–Crippen LogP) is 4.27. The second-order valence-corrected chi connectivity index (χ2v) is 6.73. The Morgan fingerprint density at radius 1 is 1.07 bits per heavy atom. The average Bonchev–Trinajstić information content (AvgIpc) is 3.22. The lowest BCUT2D eigenvalue weighted by atomic mass is 10.1. The smallest absolute Gasteiger partial charge is 0.289 e. The minimum Gasteiger partial charge on any atom is -0.486 e. The van der Waals surface area contributed by atoms with E-state index < -0.39 is 5.91 Å². The van der Waals surface area contributed by atoms with Gasteiger partial charge in [0.1, 0.15) is 23.9 Å². The Labute approximate surface area is 174 Å². The number of rotatable bonds is 8. The van der Waals surface area contributed by atoms with Gasteiger partial charge in [-0.1, -0.05) is 25.1 Å². The second kappa shape index (κ2) is 9.73. The number of ether oxygens (including phenoxy) is 1. The van der Waals surface area contributed by atoms with E-state index in [1.165, 1.54) is 42.3 Å². The van der Waals surface area contributed by atoms with E-state index in [2.05, 4.69) is 5.32 Å². The zero-order valence-electron chi connectivity index (χ0n) is 16.9. The lowest BCUT2D eigenvalue weighted by Gasteiger charge is -2.16. The van der Waals surface area contributed by atoms with E-state index in [-0.39, 0.29) is 30.6 Å². The molecule has 30 heavy (non-hydrogen) atoms. The summed E-state index contributed by atoms with van der Waals surface area (Å²) in [6, 6.07) is 16.3. The summed E-state index contributed by atoms with van der Waals surface area (Å²) in [5, 5.41) is 2.84. The number of aryl methyl sites for hydroxylation is 1. The van der Waals surface area contributed by atoms with E-state index in [0.29, 0.717) is 11.5 Å². The Hall–Kier alpha value is -3.61. The lowest BCUT2D eigenvalue weighted by Crippen LogP contribution is -2.34. The number of para-hydroxylation sites is 1. The van der Waals surface area contributed by atoms with Gasteiger partial charge in [-0.15, -0.1) is 0 Å². The number of carbonyl (C=O) groups excluding carboxylic acids is 2. The van der Waals surface area contributed by atoms with Crippen molar-refractivity contribution in [1.29, 1.82) is 0 Å². The largest absolute Gasteiger partial charge is 0.486 e. The summed E-state index contributed by atoms with van der Waals surface area (Å²) < 4.78 is 24.0. The van der Waals surface area contributed by atoms with Gasteiger partial charge in [0, 0.05) is 12.7 Å². The molecule has 3 aromatic rings. The van der Waals surface area contributed by atoms with Crippen LogP contribution in [0, 0.1) is 5.82 Å².